The van der Waals surface area contributed by atoms with Crippen LogP contribution in [-0.2, 0) is 27.8 Å². The van der Waals surface area contributed by atoms with Gasteiger partial charge in [0, 0.05) is 43.5 Å². The summed E-state index contributed by atoms with van der Waals surface area (Å²) in [6, 6.07) is 6.54. The van der Waals surface area contributed by atoms with E-state index in [0.29, 0.717) is 30.6 Å². The summed E-state index contributed by atoms with van der Waals surface area (Å²) in [5.74, 6) is -0.193. The maximum Gasteiger partial charge on any atom is 0.241 e. The molecule has 1 aliphatic rings. The third kappa shape index (κ3) is 3.49. The highest BCUT2D eigenvalue weighted by atomic mass is 32.2. The molecular weight excluding hydrogens is 328 g/mol. The number of anilines is 1. The van der Waals surface area contributed by atoms with Gasteiger partial charge in [0.15, 0.2) is 0 Å². The van der Waals surface area contributed by atoms with E-state index in [1.165, 1.54) is 13.0 Å². The van der Waals surface area contributed by atoms with Crippen molar-refractivity contribution in [3.63, 3.8) is 0 Å². The summed E-state index contributed by atoms with van der Waals surface area (Å²) in [5.41, 5.74) is 2.21. The van der Waals surface area contributed by atoms with Gasteiger partial charge in [-0.1, -0.05) is 0 Å². The van der Waals surface area contributed by atoms with Crippen molar-refractivity contribution in [2.24, 2.45) is 0 Å². The number of aryl methyl sites for hydroxylation is 2. The number of hydrogen-bond acceptors (Lipinski definition) is 4. The van der Waals surface area contributed by atoms with E-state index in [4.69, 9.17) is 0 Å². The number of amides is 1. The highest BCUT2D eigenvalue weighted by Gasteiger charge is 2.25. The van der Waals surface area contributed by atoms with Gasteiger partial charge in [-0.3, -0.25) is 9.48 Å². The normalized spacial score (nSPS) is 17.3. The summed E-state index contributed by atoms with van der Waals surface area (Å²) < 4.78 is 30.1. The Balaban J connectivity index is 1.77. The van der Waals surface area contributed by atoms with E-state index < -0.39 is 10.0 Å². The van der Waals surface area contributed by atoms with Crippen molar-refractivity contribution in [1.29, 1.82) is 0 Å². The first-order valence-electron chi connectivity index (χ1n) is 7.76. The Morgan fingerprint density at radius 1 is 1.33 bits per heavy atom. The maximum atomic E-state index is 12.7. The molecule has 1 aliphatic heterocycles. The van der Waals surface area contributed by atoms with Crippen molar-refractivity contribution in [3.05, 3.63) is 41.7 Å². The summed E-state index contributed by atoms with van der Waals surface area (Å²) in [6.07, 6.45) is 3.07. The molecule has 0 radical (unpaired) electrons. The summed E-state index contributed by atoms with van der Waals surface area (Å²) in [4.78, 5) is 11.3. The van der Waals surface area contributed by atoms with Crippen LogP contribution >= 0.6 is 0 Å². The van der Waals surface area contributed by atoms with E-state index in [2.05, 4.69) is 15.1 Å². The molecule has 24 heavy (non-hydrogen) atoms. The second kappa shape index (κ2) is 6.37. The predicted octanol–water partition coefficient (Wildman–Crippen LogP) is 1.44. The topological polar surface area (TPSA) is 93.1 Å². The van der Waals surface area contributed by atoms with Crippen LogP contribution in [-0.4, -0.2) is 30.1 Å². The van der Waals surface area contributed by atoms with E-state index in [9.17, 15) is 13.2 Å². The van der Waals surface area contributed by atoms with Gasteiger partial charge < -0.3 is 5.32 Å². The first-order valence-corrected chi connectivity index (χ1v) is 9.25. The lowest BCUT2D eigenvalue weighted by Gasteiger charge is -2.24. The molecule has 128 valence electrons. The number of hydrogen-bond donors (Lipinski definition) is 2. The van der Waals surface area contributed by atoms with Crippen LogP contribution in [0.25, 0.3) is 0 Å². The molecule has 2 N–H and O–H groups in total. The standard InChI is InChI=1S/C16H20N4O3S/c1-11-9-13(18-12(2)21)3-4-16(11)24(22,23)19-14-6-8-20-15(10-14)5-7-17-20/h3-5,7,9,14,19H,6,8,10H2,1-2H3,(H,18,21). The Kier molecular flexibility index (Phi) is 4.42. The fourth-order valence-corrected chi connectivity index (χ4v) is 4.48. The second-order valence-corrected chi connectivity index (χ2v) is 7.70. The molecule has 1 unspecified atom stereocenters. The van der Waals surface area contributed by atoms with Gasteiger partial charge in [-0.15, -0.1) is 0 Å². The van der Waals surface area contributed by atoms with Gasteiger partial charge in [-0.2, -0.15) is 5.10 Å². The molecule has 3 rings (SSSR count). The molecule has 1 aromatic heterocycles. The number of benzene rings is 1. The van der Waals surface area contributed by atoms with E-state index in [1.54, 1.807) is 25.3 Å². The van der Waals surface area contributed by atoms with E-state index >= 15 is 0 Å². The summed E-state index contributed by atoms with van der Waals surface area (Å²) in [5, 5.41) is 6.85. The monoisotopic (exact) mass is 348 g/mol. The van der Waals surface area contributed by atoms with Crippen LogP contribution in [0, 0.1) is 6.92 Å². The van der Waals surface area contributed by atoms with E-state index in [0.717, 1.165) is 5.69 Å². The van der Waals surface area contributed by atoms with Crippen LogP contribution in [0.5, 0.6) is 0 Å². The first-order chi connectivity index (χ1) is 11.3. The zero-order valence-electron chi connectivity index (χ0n) is 13.6. The number of nitrogens with zero attached hydrogens (tertiary/aromatic N) is 2. The maximum absolute atomic E-state index is 12.7. The lowest BCUT2D eigenvalue weighted by Crippen LogP contribution is -2.40. The van der Waals surface area contributed by atoms with Gasteiger partial charge in [-0.05, 0) is 43.2 Å². The fraction of sp³-hybridized carbons (Fsp3) is 0.375. The Bertz CT molecular complexity index is 873. The molecule has 2 heterocycles. The smallest absolute Gasteiger partial charge is 0.241 e. The van der Waals surface area contributed by atoms with Gasteiger partial charge in [0.25, 0.3) is 0 Å². The molecule has 1 amide bonds. The van der Waals surface area contributed by atoms with Crippen molar-refractivity contribution in [3.8, 4) is 0 Å². The van der Waals surface area contributed by atoms with Crippen LogP contribution in [0.1, 0.15) is 24.6 Å². The number of rotatable bonds is 4. The SMILES string of the molecule is CC(=O)Nc1ccc(S(=O)(=O)NC2CCn3nccc3C2)c(C)c1. The largest absolute Gasteiger partial charge is 0.326 e. The van der Waals surface area contributed by atoms with E-state index in [1.807, 2.05) is 10.7 Å². The summed E-state index contributed by atoms with van der Waals surface area (Å²) >= 11 is 0. The molecule has 8 heteroatoms. The number of nitrogens with one attached hydrogen (secondary N) is 2. The van der Waals surface area contributed by atoms with Crippen molar-refractivity contribution >= 4 is 21.6 Å². The molecular formula is C16H20N4O3S. The minimum Gasteiger partial charge on any atom is -0.326 e. The lowest BCUT2D eigenvalue weighted by molar-refractivity contribution is -0.114. The Morgan fingerprint density at radius 2 is 2.12 bits per heavy atom. The molecule has 0 saturated heterocycles. The average Bonchev–Trinajstić information content (AvgIpc) is 2.93. The molecule has 2 aromatic rings. The first kappa shape index (κ1) is 16.7. The summed E-state index contributed by atoms with van der Waals surface area (Å²) in [6.45, 7) is 3.83. The second-order valence-electron chi connectivity index (χ2n) is 6.02. The Morgan fingerprint density at radius 3 is 2.83 bits per heavy atom. The number of fused-ring (bicyclic) bond motifs is 1. The molecule has 0 aliphatic carbocycles. The van der Waals surface area contributed by atoms with Crippen molar-refractivity contribution < 1.29 is 13.2 Å². The van der Waals surface area contributed by atoms with Crippen molar-refractivity contribution in [1.82, 2.24) is 14.5 Å². The van der Waals surface area contributed by atoms with Crippen LogP contribution in [0.2, 0.25) is 0 Å². The number of carbonyl (C=O) groups excluding carboxylic acids is 1. The van der Waals surface area contributed by atoms with Crippen LogP contribution in [0.3, 0.4) is 0 Å². The van der Waals surface area contributed by atoms with Gasteiger partial charge in [0.1, 0.15) is 0 Å². The third-order valence-electron chi connectivity index (χ3n) is 4.06. The average molecular weight is 348 g/mol. The quantitative estimate of drug-likeness (QED) is 0.874. The molecule has 0 fully saturated rings. The highest BCUT2D eigenvalue weighted by molar-refractivity contribution is 7.89. The van der Waals surface area contributed by atoms with Gasteiger partial charge in [0.05, 0.1) is 4.90 Å². The minimum absolute atomic E-state index is 0.145. The predicted molar refractivity (Wildman–Crippen MR) is 90.1 cm³/mol. The molecule has 0 saturated carbocycles. The molecule has 7 nitrogen and oxygen atoms in total. The minimum atomic E-state index is -3.61. The van der Waals surface area contributed by atoms with Gasteiger partial charge in [0.2, 0.25) is 15.9 Å². The van der Waals surface area contributed by atoms with Crippen LogP contribution in [0.15, 0.2) is 35.4 Å². The fourth-order valence-electron chi connectivity index (χ4n) is 2.98. The highest BCUT2D eigenvalue weighted by Crippen LogP contribution is 2.22. The lowest BCUT2D eigenvalue weighted by atomic mass is 10.1. The van der Waals surface area contributed by atoms with Gasteiger partial charge in [-0.25, -0.2) is 13.1 Å². The zero-order chi connectivity index (χ0) is 17.3. The number of carbonyl (C=O) groups is 1. The van der Waals surface area contributed by atoms with Crippen LogP contribution < -0.4 is 10.0 Å². The molecule has 0 bridgehead atoms. The van der Waals surface area contributed by atoms with E-state index in [-0.39, 0.29) is 16.8 Å². The van der Waals surface area contributed by atoms with Crippen LogP contribution in [0.4, 0.5) is 5.69 Å². The number of aromatic nitrogens is 2. The number of sulfonamides is 1. The third-order valence-corrected chi connectivity index (χ3v) is 5.74. The summed E-state index contributed by atoms with van der Waals surface area (Å²) in [7, 11) is -3.61. The molecule has 1 aromatic carbocycles. The Hall–Kier alpha value is -2.19. The van der Waals surface area contributed by atoms with Crippen molar-refractivity contribution in [2.45, 2.75) is 44.2 Å². The van der Waals surface area contributed by atoms with Crippen molar-refractivity contribution in [2.75, 3.05) is 5.32 Å². The Labute approximate surface area is 141 Å². The molecule has 0 spiro atoms. The van der Waals surface area contributed by atoms with Gasteiger partial charge >= 0.3 is 0 Å². The zero-order valence-corrected chi connectivity index (χ0v) is 14.4. The molecule has 1 atom stereocenters.